The number of rotatable bonds is 2. The number of aromatic nitrogens is 1. The molecule has 1 aromatic heterocycles. The number of aryl methyl sites for hydroxylation is 1. The van der Waals surface area contributed by atoms with Gasteiger partial charge in [0.05, 0.1) is 11.9 Å². The number of anilines is 2. The van der Waals surface area contributed by atoms with Crippen LogP contribution in [-0.4, -0.2) is 4.98 Å². The van der Waals surface area contributed by atoms with Crippen molar-refractivity contribution in [3.05, 3.63) is 53.6 Å². The van der Waals surface area contributed by atoms with Crippen molar-refractivity contribution in [3.63, 3.8) is 0 Å². The summed E-state index contributed by atoms with van der Waals surface area (Å²) in [5.41, 5.74) is 2.49. The lowest BCUT2D eigenvalue weighted by molar-refractivity contribution is 0.619. The van der Waals surface area contributed by atoms with Crippen molar-refractivity contribution in [2.45, 2.75) is 6.92 Å². The van der Waals surface area contributed by atoms with Crippen molar-refractivity contribution < 1.29 is 4.39 Å². The Hall–Kier alpha value is -2.41. The van der Waals surface area contributed by atoms with Gasteiger partial charge in [0.15, 0.2) is 0 Å². The predicted molar refractivity (Wildman–Crippen MR) is 63.4 cm³/mol. The molecule has 3 nitrogen and oxygen atoms in total. The standard InChI is InChI=1S/C13H10FN3/c1-9-6-10(4-5-13(9)14)17-12-3-2-11(7-15)16-8-12/h2-6,8,17H,1H3. The molecular weight excluding hydrogens is 217 g/mol. The lowest BCUT2D eigenvalue weighted by Crippen LogP contribution is -1.93. The Kier molecular flexibility index (Phi) is 3.01. The third kappa shape index (κ3) is 2.58. The number of benzene rings is 1. The van der Waals surface area contributed by atoms with Gasteiger partial charge in [0.25, 0.3) is 0 Å². The minimum atomic E-state index is -0.228. The van der Waals surface area contributed by atoms with Gasteiger partial charge in [0, 0.05) is 5.69 Å². The smallest absolute Gasteiger partial charge is 0.140 e. The van der Waals surface area contributed by atoms with E-state index < -0.39 is 0 Å². The zero-order chi connectivity index (χ0) is 12.3. The second-order valence-electron chi connectivity index (χ2n) is 3.63. The monoisotopic (exact) mass is 227 g/mol. The van der Waals surface area contributed by atoms with E-state index in [9.17, 15) is 4.39 Å². The molecule has 0 radical (unpaired) electrons. The quantitative estimate of drug-likeness (QED) is 0.857. The molecule has 2 rings (SSSR count). The minimum absolute atomic E-state index is 0.228. The molecule has 1 N–H and O–H groups in total. The fourth-order valence-corrected chi connectivity index (χ4v) is 1.42. The van der Waals surface area contributed by atoms with Gasteiger partial charge >= 0.3 is 0 Å². The molecule has 0 aliphatic rings. The molecule has 0 spiro atoms. The highest BCUT2D eigenvalue weighted by molar-refractivity contribution is 5.59. The lowest BCUT2D eigenvalue weighted by atomic mass is 10.2. The molecular formula is C13H10FN3. The second-order valence-corrected chi connectivity index (χ2v) is 3.63. The van der Waals surface area contributed by atoms with Gasteiger partial charge in [-0.2, -0.15) is 5.26 Å². The SMILES string of the molecule is Cc1cc(Nc2ccc(C#N)nc2)ccc1F. The van der Waals surface area contributed by atoms with Gasteiger partial charge in [0.1, 0.15) is 17.6 Å². The predicted octanol–water partition coefficient (Wildman–Crippen LogP) is 3.14. The van der Waals surface area contributed by atoms with Gasteiger partial charge in [-0.15, -0.1) is 0 Å². The van der Waals surface area contributed by atoms with Crippen LogP contribution in [0.2, 0.25) is 0 Å². The molecule has 0 amide bonds. The van der Waals surface area contributed by atoms with E-state index in [0.717, 1.165) is 11.4 Å². The zero-order valence-electron chi connectivity index (χ0n) is 9.24. The average Bonchev–Trinajstić information content (AvgIpc) is 2.35. The summed E-state index contributed by atoms with van der Waals surface area (Å²) in [6.07, 6.45) is 1.57. The van der Waals surface area contributed by atoms with Crippen LogP contribution in [0.15, 0.2) is 36.5 Å². The van der Waals surface area contributed by atoms with Gasteiger partial charge < -0.3 is 5.32 Å². The van der Waals surface area contributed by atoms with Crippen molar-refractivity contribution in [1.82, 2.24) is 4.98 Å². The second kappa shape index (κ2) is 4.62. The maximum absolute atomic E-state index is 13.1. The fraction of sp³-hybridized carbons (Fsp3) is 0.0769. The van der Waals surface area contributed by atoms with Crippen LogP contribution >= 0.6 is 0 Å². The number of hydrogen-bond acceptors (Lipinski definition) is 3. The summed E-state index contributed by atoms with van der Waals surface area (Å²) >= 11 is 0. The third-order valence-corrected chi connectivity index (χ3v) is 2.32. The Morgan fingerprint density at radius 3 is 2.59 bits per heavy atom. The maximum atomic E-state index is 13.1. The molecule has 4 heteroatoms. The third-order valence-electron chi connectivity index (χ3n) is 2.32. The molecule has 2 aromatic rings. The van der Waals surface area contributed by atoms with Crippen molar-refractivity contribution >= 4 is 11.4 Å². The number of nitriles is 1. The molecule has 84 valence electrons. The average molecular weight is 227 g/mol. The van der Waals surface area contributed by atoms with Crippen molar-refractivity contribution in [3.8, 4) is 6.07 Å². The largest absolute Gasteiger partial charge is 0.354 e. The number of nitrogens with one attached hydrogen (secondary N) is 1. The van der Waals surface area contributed by atoms with Crippen LogP contribution in [0, 0.1) is 24.1 Å². The van der Waals surface area contributed by atoms with E-state index in [4.69, 9.17) is 5.26 Å². The van der Waals surface area contributed by atoms with Crippen LogP contribution in [-0.2, 0) is 0 Å². The molecule has 0 saturated heterocycles. The number of halogens is 1. The Morgan fingerprint density at radius 2 is 2.00 bits per heavy atom. The van der Waals surface area contributed by atoms with Crippen LogP contribution in [0.4, 0.5) is 15.8 Å². The van der Waals surface area contributed by atoms with E-state index >= 15 is 0 Å². The Morgan fingerprint density at radius 1 is 1.24 bits per heavy atom. The Labute approximate surface area is 98.5 Å². The summed E-state index contributed by atoms with van der Waals surface area (Å²) in [6.45, 7) is 1.71. The molecule has 0 bridgehead atoms. The van der Waals surface area contributed by atoms with Crippen molar-refractivity contribution in [1.29, 1.82) is 5.26 Å². The molecule has 1 aromatic carbocycles. The topological polar surface area (TPSA) is 48.7 Å². The molecule has 0 aliphatic carbocycles. The van der Waals surface area contributed by atoms with Gasteiger partial charge in [-0.3, -0.25) is 0 Å². The van der Waals surface area contributed by atoms with E-state index in [1.165, 1.54) is 6.07 Å². The summed E-state index contributed by atoms with van der Waals surface area (Å²) in [6, 6.07) is 10.1. The molecule has 0 unspecified atom stereocenters. The fourth-order valence-electron chi connectivity index (χ4n) is 1.42. The van der Waals surface area contributed by atoms with Crippen molar-refractivity contribution in [2.24, 2.45) is 0 Å². The zero-order valence-corrected chi connectivity index (χ0v) is 9.24. The molecule has 0 saturated carbocycles. The van der Waals surface area contributed by atoms with Crippen LogP contribution in [0.5, 0.6) is 0 Å². The van der Waals surface area contributed by atoms with Crippen LogP contribution < -0.4 is 5.32 Å². The summed E-state index contributed by atoms with van der Waals surface area (Å²) < 4.78 is 13.1. The van der Waals surface area contributed by atoms with Gasteiger partial charge in [-0.05, 0) is 42.8 Å². The highest BCUT2D eigenvalue weighted by atomic mass is 19.1. The van der Waals surface area contributed by atoms with Crippen LogP contribution in [0.25, 0.3) is 0 Å². The molecule has 0 fully saturated rings. The Balaban J connectivity index is 2.20. The van der Waals surface area contributed by atoms with Crippen LogP contribution in [0.3, 0.4) is 0 Å². The van der Waals surface area contributed by atoms with E-state index in [1.807, 2.05) is 6.07 Å². The summed E-state index contributed by atoms with van der Waals surface area (Å²) in [7, 11) is 0. The summed E-state index contributed by atoms with van der Waals surface area (Å²) in [5.74, 6) is -0.228. The number of hydrogen-bond donors (Lipinski definition) is 1. The molecule has 17 heavy (non-hydrogen) atoms. The first-order chi connectivity index (χ1) is 8.19. The first kappa shape index (κ1) is 11.1. The van der Waals surface area contributed by atoms with E-state index in [-0.39, 0.29) is 5.82 Å². The molecule has 0 atom stereocenters. The maximum Gasteiger partial charge on any atom is 0.140 e. The van der Waals surface area contributed by atoms with Crippen LogP contribution in [0.1, 0.15) is 11.3 Å². The summed E-state index contributed by atoms with van der Waals surface area (Å²) in [4.78, 5) is 3.94. The highest BCUT2D eigenvalue weighted by Crippen LogP contribution is 2.18. The van der Waals surface area contributed by atoms with E-state index in [2.05, 4.69) is 10.3 Å². The number of nitrogens with zero attached hydrogens (tertiary/aromatic N) is 2. The van der Waals surface area contributed by atoms with E-state index in [0.29, 0.717) is 11.3 Å². The minimum Gasteiger partial charge on any atom is -0.354 e. The van der Waals surface area contributed by atoms with Gasteiger partial charge in [-0.25, -0.2) is 9.37 Å². The van der Waals surface area contributed by atoms with Crippen molar-refractivity contribution in [2.75, 3.05) is 5.32 Å². The van der Waals surface area contributed by atoms with Gasteiger partial charge in [-0.1, -0.05) is 0 Å². The normalized spacial score (nSPS) is 9.71. The lowest BCUT2D eigenvalue weighted by Gasteiger charge is -2.07. The van der Waals surface area contributed by atoms with E-state index in [1.54, 1.807) is 37.4 Å². The highest BCUT2D eigenvalue weighted by Gasteiger charge is 2.00. The first-order valence-electron chi connectivity index (χ1n) is 5.08. The summed E-state index contributed by atoms with van der Waals surface area (Å²) in [5, 5.41) is 11.7. The molecule has 0 aliphatic heterocycles. The first-order valence-corrected chi connectivity index (χ1v) is 5.08. The number of pyridine rings is 1. The Bertz CT molecular complexity index is 570. The molecule has 1 heterocycles. The van der Waals surface area contributed by atoms with Gasteiger partial charge in [0.2, 0.25) is 0 Å².